The number of fused-ring (bicyclic) bond motifs is 3. The predicted octanol–water partition coefficient (Wildman–Crippen LogP) is 6.76. The molecule has 53 heavy (non-hydrogen) atoms. The molecular weight excluding hydrogens is 855 g/mol. The van der Waals surface area contributed by atoms with Gasteiger partial charge in [0.25, 0.3) is 0 Å². The molecule has 0 aliphatic carbocycles. The Labute approximate surface area is 319 Å². The first-order valence-electron chi connectivity index (χ1n) is 16.5. The molecule has 0 atom stereocenters. The number of unbranched alkanes of at least 4 members (excludes halogenated alkanes) is 1. The Kier molecular flexibility index (Phi) is 10.6. The van der Waals surface area contributed by atoms with E-state index in [1.165, 1.54) is 11.1 Å². The Morgan fingerprint density at radius 3 is 1.53 bits per heavy atom. The Morgan fingerprint density at radius 2 is 1.06 bits per heavy atom. The van der Waals surface area contributed by atoms with Gasteiger partial charge in [-0.25, -0.2) is 29.9 Å². The largest absolute Gasteiger partial charge is 0.487 e. The van der Waals surface area contributed by atoms with E-state index in [9.17, 15) is 8.78 Å². The van der Waals surface area contributed by atoms with Crippen molar-refractivity contribution in [2.45, 2.75) is 12.8 Å². The van der Waals surface area contributed by atoms with E-state index in [0.717, 1.165) is 72.7 Å². The quantitative estimate of drug-likeness (QED) is 0.119. The van der Waals surface area contributed by atoms with Gasteiger partial charge in [-0.1, -0.05) is 5.69 Å². The summed E-state index contributed by atoms with van der Waals surface area (Å²) in [6, 6.07) is 26.8. The molecule has 15 heteroatoms. The molecule has 3 aliphatic rings. The van der Waals surface area contributed by atoms with Crippen LogP contribution in [0, 0.1) is 49.8 Å². The topological polar surface area (TPSA) is 96.8 Å². The smallest absolute Gasteiger partial charge is 0.144 e. The SMILES string of the molecule is CN1[CH-]N(c2[c-]cc(F)cc2F)c2nccnc21.[Ir].[c-]1ccccc1N1[CH-]N(CCCCN2[CH-]N(c3[c-]cccc3)c3nccnc32)c2nccnc21. The fraction of sp³-hybridized carbons (Fsp3) is 0.132. The minimum Gasteiger partial charge on any atom is -0.487 e. The third kappa shape index (κ3) is 7.30. The molecule has 0 unspecified atom stereocenters. The standard InChI is InChI=1S/C26H22N8.C12H8F2N4.Ir/c1-3-9-21(10-4-1)33-19-31(23-25(33)29-15-13-27-23)17-7-8-18-32-20-34(22-11-5-2-6-12-22)26-24(32)28-14-16-30-26;1-17-7-18(12-11(17)15-4-5-16-12)10-3-2-8(13)6-9(10)14;/h1-6,9,11,13-16,19-20H,7-8,17-18H2;2,4-7H,1H3;/q-4;-2;. The molecule has 0 saturated carbocycles. The van der Waals surface area contributed by atoms with Crippen molar-refractivity contribution in [3.63, 3.8) is 0 Å². The average Bonchev–Trinajstić information content (AvgIpc) is 3.86. The predicted molar refractivity (Wildman–Crippen MR) is 193 cm³/mol. The van der Waals surface area contributed by atoms with Crippen LogP contribution in [0.25, 0.3) is 0 Å². The number of rotatable bonds is 8. The summed E-state index contributed by atoms with van der Waals surface area (Å²) in [6.07, 6.45) is 12.0. The molecule has 0 bridgehead atoms. The van der Waals surface area contributed by atoms with E-state index in [0.29, 0.717) is 11.6 Å². The summed E-state index contributed by atoms with van der Waals surface area (Å²) < 4.78 is 26.6. The Morgan fingerprint density at radius 1 is 0.585 bits per heavy atom. The Bertz CT molecular complexity index is 2050. The second kappa shape index (κ2) is 15.8. The maximum Gasteiger partial charge on any atom is 0.144 e. The van der Waals surface area contributed by atoms with Gasteiger partial charge in [-0.05, 0) is 33.0 Å². The van der Waals surface area contributed by atoms with Crippen molar-refractivity contribution in [2.75, 3.05) is 49.5 Å². The first kappa shape index (κ1) is 35.6. The van der Waals surface area contributed by atoms with Crippen molar-refractivity contribution in [3.05, 3.63) is 148 Å². The van der Waals surface area contributed by atoms with Gasteiger partial charge in [0.1, 0.15) is 34.9 Å². The van der Waals surface area contributed by atoms with Crippen LogP contribution in [0.4, 0.5) is 60.8 Å². The summed E-state index contributed by atoms with van der Waals surface area (Å²) in [7, 11) is 1.77. The van der Waals surface area contributed by atoms with Crippen LogP contribution in [0.1, 0.15) is 12.8 Å². The van der Waals surface area contributed by atoms with E-state index in [-0.39, 0.29) is 25.8 Å². The minimum atomic E-state index is -0.696. The molecule has 0 spiro atoms. The van der Waals surface area contributed by atoms with Crippen LogP contribution >= 0.6 is 0 Å². The maximum absolute atomic E-state index is 13.7. The van der Waals surface area contributed by atoms with Crippen LogP contribution in [0.2, 0.25) is 0 Å². The van der Waals surface area contributed by atoms with Gasteiger partial charge >= 0.3 is 0 Å². The summed E-state index contributed by atoms with van der Waals surface area (Å²) in [5.74, 6) is 3.13. The van der Waals surface area contributed by atoms with E-state index in [4.69, 9.17) is 0 Å². The molecule has 0 saturated heterocycles. The van der Waals surface area contributed by atoms with Gasteiger partial charge in [0.2, 0.25) is 0 Å². The van der Waals surface area contributed by atoms with Gasteiger partial charge in [0, 0.05) is 68.9 Å². The Balaban J connectivity index is 0.000000194. The van der Waals surface area contributed by atoms with Crippen molar-refractivity contribution >= 4 is 52.0 Å². The number of nitrogens with zero attached hydrogens (tertiary/aromatic N) is 12. The number of para-hydroxylation sites is 2. The molecule has 6 heterocycles. The number of halogens is 2. The molecule has 3 aliphatic heterocycles. The molecule has 9 rings (SSSR count). The fourth-order valence-electron chi connectivity index (χ4n) is 6.01. The van der Waals surface area contributed by atoms with Crippen LogP contribution in [0.5, 0.6) is 0 Å². The van der Waals surface area contributed by atoms with Crippen LogP contribution in [0.15, 0.2) is 97.8 Å². The van der Waals surface area contributed by atoms with E-state index in [1.807, 2.05) is 58.3 Å². The summed E-state index contributed by atoms with van der Waals surface area (Å²) >= 11 is 0. The number of hydrogen-bond acceptors (Lipinski definition) is 12. The molecule has 3 aromatic heterocycles. The van der Waals surface area contributed by atoms with Gasteiger partial charge in [0.15, 0.2) is 0 Å². The molecule has 271 valence electrons. The number of anilines is 9. The summed E-state index contributed by atoms with van der Waals surface area (Å²) in [4.78, 5) is 38.1. The van der Waals surface area contributed by atoms with Gasteiger partial charge < -0.3 is 29.4 Å². The van der Waals surface area contributed by atoms with E-state index in [2.05, 4.69) is 71.2 Å². The molecule has 12 nitrogen and oxygen atoms in total. The van der Waals surface area contributed by atoms with E-state index >= 15 is 0 Å². The maximum atomic E-state index is 13.7. The number of hydrogen-bond donors (Lipinski definition) is 0. The van der Waals surface area contributed by atoms with Crippen LogP contribution in [-0.2, 0) is 20.1 Å². The van der Waals surface area contributed by atoms with Gasteiger partial charge in [0.05, 0.1) is 0 Å². The first-order valence-corrected chi connectivity index (χ1v) is 16.5. The molecule has 0 fully saturated rings. The van der Waals surface area contributed by atoms with Gasteiger partial charge in [-0.2, -0.15) is 66.7 Å². The summed E-state index contributed by atoms with van der Waals surface area (Å²) in [5.41, 5.74) is 2.01. The minimum absolute atomic E-state index is 0. The monoisotopic (exact) mass is 885 g/mol. The summed E-state index contributed by atoms with van der Waals surface area (Å²) in [5, 5.41) is 0. The third-order valence-electron chi connectivity index (χ3n) is 8.37. The van der Waals surface area contributed by atoms with Crippen molar-refractivity contribution < 1.29 is 28.9 Å². The average molecular weight is 885 g/mol. The van der Waals surface area contributed by atoms with Crippen LogP contribution < -0.4 is 29.4 Å². The van der Waals surface area contributed by atoms with Crippen molar-refractivity contribution in [1.29, 1.82) is 0 Å². The number of aromatic nitrogens is 6. The zero-order chi connectivity index (χ0) is 35.4. The second-order valence-corrected chi connectivity index (χ2v) is 11.8. The molecule has 0 N–H and O–H groups in total. The van der Waals surface area contributed by atoms with Crippen LogP contribution in [0.3, 0.4) is 0 Å². The zero-order valence-corrected chi connectivity index (χ0v) is 30.6. The number of benzene rings is 3. The zero-order valence-electron chi connectivity index (χ0n) is 28.3. The normalized spacial score (nSPS) is 14.0. The molecular formula is C38H30F2IrN12-6. The summed E-state index contributed by atoms with van der Waals surface area (Å²) in [6.45, 7) is 7.43. The van der Waals surface area contributed by atoms with Crippen LogP contribution in [-0.4, -0.2) is 50.0 Å². The van der Waals surface area contributed by atoms with Gasteiger partial charge in [-0.15, -0.1) is 43.5 Å². The molecule has 0 amide bonds. The van der Waals surface area contributed by atoms with E-state index < -0.39 is 11.6 Å². The van der Waals surface area contributed by atoms with Crippen molar-refractivity contribution in [3.8, 4) is 0 Å². The Hall–Kier alpha value is -5.79. The fourth-order valence-corrected chi connectivity index (χ4v) is 6.01. The van der Waals surface area contributed by atoms with Crippen molar-refractivity contribution in [1.82, 2.24) is 29.9 Å². The molecule has 3 aromatic carbocycles. The molecule has 6 aromatic rings. The molecule has 1 radical (unpaired) electrons. The second-order valence-electron chi connectivity index (χ2n) is 11.8. The van der Waals surface area contributed by atoms with Crippen molar-refractivity contribution in [2.24, 2.45) is 0 Å². The first-order chi connectivity index (χ1) is 25.5. The van der Waals surface area contributed by atoms with E-state index in [1.54, 1.807) is 49.6 Å². The third-order valence-corrected chi connectivity index (χ3v) is 8.37. The van der Waals surface area contributed by atoms with Gasteiger partial charge in [-0.3, -0.25) is 8.78 Å².